The van der Waals surface area contributed by atoms with Crippen molar-refractivity contribution >= 4 is 11.4 Å². The molecule has 1 unspecified atom stereocenters. The number of benzene rings is 1. The molecule has 15 heavy (non-hydrogen) atoms. The lowest BCUT2D eigenvalue weighted by Crippen LogP contribution is -2.16. The van der Waals surface area contributed by atoms with Gasteiger partial charge in [-0.25, -0.2) is 4.39 Å². The van der Waals surface area contributed by atoms with Crippen LogP contribution in [0.25, 0.3) is 0 Å². The summed E-state index contributed by atoms with van der Waals surface area (Å²) in [7, 11) is 0. The van der Waals surface area contributed by atoms with Crippen molar-refractivity contribution in [2.24, 2.45) is 11.8 Å². The maximum Gasteiger partial charge on any atom is 0.127 e. The third-order valence-electron chi connectivity index (χ3n) is 2.69. The number of anilines is 2. The van der Waals surface area contributed by atoms with Gasteiger partial charge in [0.05, 0.1) is 0 Å². The SMILES string of the molecule is CC(C)C(C)CNc1cc(N)cc(F)c1. The first kappa shape index (κ1) is 11.8. The summed E-state index contributed by atoms with van der Waals surface area (Å²) in [6.45, 7) is 7.35. The minimum absolute atomic E-state index is 0.297. The highest BCUT2D eigenvalue weighted by molar-refractivity contribution is 5.54. The van der Waals surface area contributed by atoms with Gasteiger partial charge in [-0.1, -0.05) is 20.8 Å². The van der Waals surface area contributed by atoms with Crippen molar-refractivity contribution in [1.82, 2.24) is 0 Å². The smallest absolute Gasteiger partial charge is 0.127 e. The molecule has 0 fully saturated rings. The van der Waals surface area contributed by atoms with E-state index in [0.29, 0.717) is 17.5 Å². The van der Waals surface area contributed by atoms with Gasteiger partial charge < -0.3 is 11.1 Å². The summed E-state index contributed by atoms with van der Waals surface area (Å²) in [6.07, 6.45) is 0. The molecule has 84 valence electrons. The molecule has 1 rings (SSSR count). The van der Waals surface area contributed by atoms with Gasteiger partial charge in [0.2, 0.25) is 0 Å². The second-order valence-electron chi connectivity index (χ2n) is 4.38. The summed E-state index contributed by atoms with van der Waals surface area (Å²) >= 11 is 0. The van der Waals surface area contributed by atoms with Gasteiger partial charge in [0.15, 0.2) is 0 Å². The van der Waals surface area contributed by atoms with E-state index in [4.69, 9.17) is 5.73 Å². The van der Waals surface area contributed by atoms with Crippen LogP contribution in [0.2, 0.25) is 0 Å². The van der Waals surface area contributed by atoms with Gasteiger partial charge in [0.1, 0.15) is 5.82 Å². The summed E-state index contributed by atoms with van der Waals surface area (Å²) < 4.78 is 13.0. The highest BCUT2D eigenvalue weighted by Crippen LogP contribution is 2.17. The van der Waals surface area contributed by atoms with Crippen molar-refractivity contribution in [2.45, 2.75) is 20.8 Å². The van der Waals surface area contributed by atoms with Gasteiger partial charge in [-0.2, -0.15) is 0 Å². The van der Waals surface area contributed by atoms with Gasteiger partial charge in [0.25, 0.3) is 0 Å². The fourth-order valence-corrected chi connectivity index (χ4v) is 1.23. The van der Waals surface area contributed by atoms with Gasteiger partial charge in [-0.05, 0) is 30.0 Å². The lowest BCUT2D eigenvalue weighted by atomic mass is 9.98. The number of halogens is 1. The van der Waals surface area contributed by atoms with Crippen LogP contribution in [-0.2, 0) is 0 Å². The second-order valence-corrected chi connectivity index (χ2v) is 4.38. The molecule has 0 aliphatic carbocycles. The van der Waals surface area contributed by atoms with Crippen LogP contribution in [-0.4, -0.2) is 6.54 Å². The topological polar surface area (TPSA) is 38.0 Å². The highest BCUT2D eigenvalue weighted by atomic mass is 19.1. The van der Waals surface area contributed by atoms with Gasteiger partial charge in [-0.3, -0.25) is 0 Å². The third-order valence-corrected chi connectivity index (χ3v) is 2.69. The molecule has 0 bridgehead atoms. The molecular weight excluding hydrogens is 191 g/mol. The first-order valence-electron chi connectivity index (χ1n) is 5.29. The van der Waals surface area contributed by atoms with Crippen LogP contribution in [0.5, 0.6) is 0 Å². The molecule has 1 aromatic carbocycles. The minimum atomic E-state index is -0.297. The van der Waals surface area contributed by atoms with Crippen LogP contribution < -0.4 is 11.1 Å². The van der Waals surface area contributed by atoms with E-state index in [9.17, 15) is 4.39 Å². The predicted octanol–water partition coefficient (Wildman–Crippen LogP) is 3.11. The summed E-state index contributed by atoms with van der Waals surface area (Å²) in [5.41, 5.74) is 6.75. The van der Waals surface area contributed by atoms with Crippen molar-refractivity contribution in [2.75, 3.05) is 17.6 Å². The van der Waals surface area contributed by atoms with Crippen LogP contribution >= 0.6 is 0 Å². The maximum atomic E-state index is 13.0. The summed E-state index contributed by atoms with van der Waals surface area (Å²) in [5.74, 6) is 0.868. The number of hydrogen-bond donors (Lipinski definition) is 2. The molecule has 0 saturated carbocycles. The van der Waals surface area contributed by atoms with Crippen molar-refractivity contribution in [3.63, 3.8) is 0 Å². The van der Waals surface area contributed by atoms with Gasteiger partial charge >= 0.3 is 0 Å². The van der Waals surface area contributed by atoms with Gasteiger partial charge in [-0.15, -0.1) is 0 Å². The molecule has 0 spiro atoms. The molecule has 0 aromatic heterocycles. The Morgan fingerprint density at radius 3 is 2.47 bits per heavy atom. The zero-order valence-electron chi connectivity index (χ0n) is 9.55. The molecule has 0 saturated heterocycles. The molecule has 0 radical (unpaired) electrons. The average molecular weight is 210 g/mol. The van der Waals surface area contributed by atoms with E-state index < -0.39 is 0 Å². The first-order valence-corrected chi connectivity index (χ1v) is 5.29. The molecule has 1 aromatic rings. The van der Waals surface area contributed by atoms with E-state index in [2.05, 4.69) is 26.1 Å². The van der Waals surface area contributed by atoms with Gasteiger partial charge in [0, 0.05) is 17.9 Å². The lowest BCUT2D eigenvalue weighted by molar-refractivity contribution is 0.439. The molecule has 3 N–H and O–H groups in total. The second kappa shape index (κ2) is 5.01. The normalized spacial score (nSPS) is 12.9. The average Bonchev–Trinajstić information content (AvgIpc) is 2.12. The molecule has 0 aliphatic rings. The van der Waals surface area contributed by atoms with Crippen molar-refractivity contribution in [3.8, 4) is 0 Å². The van der Waals surface area contributed by atoms with E-state index in [1.54, 1.807) is 6.07 Å². The largest absolute Gasteiger partial charge is 0.399 e. The van der Waals surface area contributed by atoms with Crippen LogP contribution in [0.4, 0.5) is 15.8 Å². The Hall–Kier alpha value is -1.25. The lowest BCUT2D eigenvalue weighted by Gasteiger charge is -2.17. The van der Waals surface area contributed by atoms with E-state index in [1.165, 1.54) is 12.1 Å². The van der Waals surface area contributed by atoms with E-state index in [1.807, 2.05) is 0 Å². The predicted molar refractivity (Wildman–Crippen MR) is 63.3 cm³/mol. The Balaban J connectivity index is 2.57. The quantitative estimate of drug-likeness (QED) is 0.749. The fourth-order valence-electron chi connectivity index (χ4n) is 1.23. The molecule has 0 aliphatic heterocycles. The number of rotatable bonds is 4. The Kier molecular flexibility index (Phi) is 3.95. The molecule has 0 heterocycles. The third kappa shape index (κ3) is 3.78. The Morgan fingerprint density at radius 1 is 1.27 bits per heavy atom. The van der Waals surface area contributed by atoms with Crippen molar-refractivity contribution < 1.29 is 4.39 Å². The number of hydrogen-bond acceptors (Lipinski definition) is 2. The number of nitrogens with one attached hydrogen (secondary N) is 1. The Labute approximate surface area is 90.7 Å². The molecular formula is C12H19FN2. The highest BCUT2D eigenvalue weighted by Gasteiger charge is 2.06. The maximum absolute atomic E-state index is 13.0. The summed E-state index contributed by atoms with van der Waals surface area (Å²) in [4.78, 5) is 0. The van der Waals surface area contributed by atoms with E-state index in [0.717, 1.165) is 12.2 Å². The zero-order chi connectivity index (χ0) is 11.4. The van der Waals surface area contributed by atoms with Crippen molar-refractivity contribution in [1.29, 1.82) is 0 Å². The number of nitrogens with two attached hydrogens (primary N) is 1. The zero-order valence-corrected chi connectivity index (χ0v) is 9.55. The molecule has 2 nitrogen and oxygen atoms in total. The summed E-state index contributed by atoms with van der Waals surface area (Å²) in [6, 6.07) is 4.52. The standard InChI is InChI=1S/C12H19FN2/c1-8(2)9(3)7-15-12-5-10(13)4-11(14)6-12/h4-6,8-9,15H,7,14H2,1-3H3. The molecule has 1 atom stereocenters. The van der Waals surface area contributed by atoms with Crippen molar-refractivity contribution in [3.05, 3.63) is 24.0 Å². The number of nitrogen functional groups attached to an aromatic ring is 1. The first-order chi connectivity index (χ1) is 6.99. The monoisotopic (exact) mass is 210 g/mol. The molecule has 0 amide bonds. The Morgan fingerprint density at radius 2 is 1.93 bits per heavy atom. The summed E-state index contributed by atoms with van der Waals surface area (Å²) in [5, 5.41) is 3.19. The molecule has 3 heteroatoms. The van der Waals surface area contributed by atoms with E-state index in [-0.39, 0.29) is 5.82 Å². The van der Waals surface area contributed by atoms with Crippen LogP contribution in [0.15, 0.2) is 18.2 Å². The van der Waals surface area contributed by atoms with Crippen LogP contribution in [0, 0.1) is 17.7 Å². The fraction of sp³-hybridized carbons (Fsp3) is 0.500. The van der Waals surface area contributed by atoms with Crippen LogP contribution in [0.3, 0.4) is 0 Å². The van der Waals surface area contributed by atoms with Crippen LogP contribution in [0.1, 0.15) is 20.8 Å². The van der Waals surface area contributed by atoms with E-state index >= 15 is 0 Å². The minimum Gasteiger partial charge on any atom is -0.399 e. The Bertz CT molecular complexity index is 303.